The van der Waals surface area contributed by atoms with Gasteiger partial charge in [-0.3, -0.25) is 4.79 Å². The number of carbonyl (C=O) groups is 1. The molecule has 0 atom stereocenters. The number of carbonyl (C=O) groups excluding carboxylic acids is 1. The van der Waals surface area contributed by atoms with E-state index < -0.39 is 0 Å². The number of benzene rings is 2. The molecule has 0 unspecified atom stereocenters. The summed E-state index contributed by atoms with van der Waals surface area (Å²) in [4.78, 5) is 16.7. The minimum atomic E-state index is -0.179. The Bertz CT molecular complexity index is 1010. The van der Waals surface area contributed by atoms with Crippen molar-refractivity contribution in [2.45, 2.75) is 6.42 Å². The van der Waals surface area contributed by atoms with Crippen molar-refractivity contribution in [3.05, 3.63) is 83.6 Å². The van der Waals surface area contributed by atoms with Gasteiger partial charge in [0, 0.05) is 18.3 Å². The molecule has 0 saturated heterocycles. The molecule has 3 rings (SSSR count). The molecule has 6 nitrogen and oxygen atoms in total. The van der Waals surface area contributed by atoms with Gasteiger partial charge in [-0.2, -0.15) is 5.26 Å². The SMILES string of the molecule is COc1cccc(CCNC(=O)c2ccnc(Nc3ccccc3C#N)c2)c1. The molecule has 0 saturated carbocycles. The van der Waals surface area contributed by atoms with Crippen molar-refractivity contribution in [1.82, 2.24) is 10.3 Å². The van der Waals surface area contributed by atoms with Crippen LogP contribution < -0.4 is 15.4 Å². The number of anilines is 2. The van der Waals surface area contributed by atoms with Gasteiger partial charge >= 0.3 is 0 Å². The largest absolute Gasteiger partial charge is 0.497 e. The predicted octanol–water partition coefficient (Wildman–Crippen LogP) is 3.68. The lowest BCUT2D eigenvalue weighted by atomic mass is 10.1. The number of hydrogen-bond donors (Lipinski definition) is 2. The maximum atomic E-state index is 12.4. The highest BCUT2D eigenvalue weighted by Gasteiger charge is 2.08. The van der Waals surface area contributed by atoms with E-state index in [4.69, 9.17) is 4.74 Å². The molecular formula is C22H20N4O2. The summed E-state index contributed by atoms with van der Waals surface area (Å²) in [6.07, 6.45) is 2.27. The average Bonchev–Trinajstić information content (AvgIpc) is 2.74. The Kier molecular flexibility index (Phi) is 6.21. The van der Waals surface area contributed by atoms with Crippen molar-refractivity contribution in [2.24, 2.45) is 0 Å². The topological polar surface area (TPSA) is 87.0 Å². The highest BCUT2D eigenvalue weighted by molar-refractivity contribution is 5.94. The Labute approximate surface area is 163 Å². The molecule has 0 aliphatic rings. The number of rotatable bonds is 7. The molecule has 28 heavy (non-hydrogen) atoms. The normalized spacial score (nSPS) is 10.0. The molecule has 6 heteroatoms. The van der Waals surface area contributed by atoms with Gasteiger partial charge in [0.1, 0.15) is 17.6 Å². The third-order valence-corrected chi connectivity index (χ3v) is 4.17. The first-order valence-corrected chi connectivity index (χ1v) is 8.83. The van der Waals surface area contributed by atoms with Gasteiger partial charge in [-0.05, 0) is 48.4 Å². The van der Waals surface area contributed by atoms with Gasteiger partial charge in [-0.1, -0.05) is 24.3 Å². The Hall–Kier alpha value is -3.85. The first kappa shape index (κ1) is 18.9. The first-order chi connectivity index (χ1) is 13.7. The summed E-state index contributed by atoms with van der Waals surface area (Å²) < 4.78 is 5.21. The van der Waals surface area contributed by atoms with Crippen molar-refractivity contribution in [3.8, 4) is 11.8 Å². The van der Waals surface area contributed by atoms with Crippen molar-refractivity contribution < 1.29 is 9.53 Å². The monoisotopic (exact) mass is 372 g/mol. The summed E-state index contributed by atoms with van der Waals surface area (Å²) in [5.41, 5.74) is 2.74. The molecule has 2 aromatic carbocycles. The number of hydrogen-bond acceptors (Lipinski definition) is 5. The number of aromatic nitrogens is 1. The van der Waals surface area contributed by atoms with E-state index in [-0.39, 0.29) is 5.91 Å². The van der Waals surface area contributed by atoms with Crippen molar-refractivity contribution >= 4 is 17.4 Å². The van der Waals surface area contributed by atoms with Gasteiger partial charge < -0.3 is 15.4 Å². The Morgan fingerprint density at radius 3 is 2.82 bits per heavy atom. The first-order valence-electron chi connectivity index (χ1n) is 8.83. The van der Waals surface area contributed by atoms with E-state index in [1.807, 2.05) is 30.3 Å². The van der Waals surface area contributed by atoms with Crippen LogP contribution in [0.3, 0.4) is 0 Å². The van der Waals surface area contributed by atoms with Crippen LogP contribution in [0.1, 0.15) is 21.5 Å². The van der Waals surface area contributed by atoms with Crippen molar-refractivity contribution in [2.75, 3.05) is 19.0 Å². The lowest BCUT2D eigenvalue weighted by molar-refractivity contribution is 0.0954. The second-order valence-electron chi connectivity index (χ2n) is 6.07. The summed E-state index contributed by atoms with van der Waals surface area (Å²) in [5, 5.41) is 15.2. The Morgan fingerprint density at radius 2 is 2.00 bits per heavy atom. The van der Waals surface area contributed by atoms with Gasteiger partial charge in [0.2, 0.25) is 0 Å². The molecule has 0 aliphatic carbocycles. The molecule has 0 aliphatic heterocycles. The smallest absolute Gasteiger partial charge is 0.251 e. The van der Waals surface area contributed by atoms with Crippen LogP contribution in [-0.2, 0) is 6.42 Å². The fourth-order valence-corrected chi connectivity index (χ4v) is 2.72. The summed E-state index contributed by atoms with van der Waals surface area (Å²) in [7, 11) is 1.63. The zero-order valence-electron chi connectivity index (χ0n) is 15.5. The molecule has 0 fully saturated rings. The average molecular weight is 372 g/mol. The molecule has 0 bridgehead atoms. The van der Waals surface area contributed by atoms with Crippen molar-refractivity contribution in [1.29, 1.82) is 5.26 Å². The molecule has 1 amide bonds. The van der Waals surface area contributed by atoms with E-state index >= 15 is 0 Å². The fourth-order valence-electron chi connectivity index (χ4n) is 2.72. The van der Waals surface area contributed by atoms with Crippen LogP contribution in [0.15, 0.2) is 66.9 Å². The number of amides is 1. The lowest BCUT2D eigenvalue weighted by Gasteiger charge is -2.10. The third kappa shape index (κ3) is 4.86. The highest BCUT2D eigenvalue weighted by Crippen LogP contribution is 2.19. The van der Waals surface area contributed by atoms with Gasteiger partial charge in [-0.15, -0.1) is 0 Å². The fraction of sp³-hybridized carbons (Fsp3) is 0.136. The lowest BCUT2D eigenvalue weighted by Crippen LogP contribution is -2.25. The Morgan fingerprint density at radius 1 is 1.14 bits per heavy atom. The summed E-state index contributed by atoms with van der Waals surface area (Å²) in [6.45, 7) is 0.508. The van der Waals surface area contributed by atoms with Gasteiger partial charge in [0.05, 0.1) is 18.4 Å². The van der Waals surface area contributed by atoms with Crippen LogP contribution in [0.5, 0.6) is 5.75 Å². The molecule has 140 valence electrons. The quantitative estimate of drug-likeness (QED) is 0.661. The number of methoxy groups -OCH3 is 1. The zero-order chi connectivity index (χ0) is 19.8. The maximum absolute atomic E-state index is 12.4. The van der Waals surface area contributed by atoms with E-state index in [2.05, 4.69) is 21.7 Å². The number of nitrogens with zero attached hydrogens (tertiary/aromatic N) is 2. The van der Waals surface area contributed by atoms with Gasteiger partial charge in [0.15, 0.2) is 0 Å². The van der Waals surface area contributed by atoms with E-state index in [9.17, 15) is 10.1 Å². The molecule has 1 heterocycles. The zero-order valence-corrected chi connectivity index (χ0v) is 15.5. The summed E-state index contributed by atoms with van der Waals surface area (Å²) >= 11 is 0. The van der Waals surface area contributed by atoms with Crippen LogP contribution in [0.2, 0.25) is 0 Å². The number of ether oxygens (including phenoxy) is 1. The number of nitrogens with one attached hydrogen (secondary N) is 2. The van der Waals surface area contributed by atoms with E-state index in [0.717, 1.165) is 11.3 Å². The molecule has 2 N–H and O–H groups in total. The maximum Gasteiger partial charge on any atom is 0.251 e. The molecule has 0 spiro atoms. The second-order valence-corrected chi connectivity index (χ2v) is 6.07. The van der Waals surface area contributed by atoms with Crippen LogP contribution in [0.25, 0.3) is 0 Å². The van der Waals surface area contributed by atoms with Crippen LogP contribution in [0.4, 0.5) is 11.5 Å². The molecule has 3 aromatic rings. The van der Waals surface area contributed by atoms with Crippen molar-refractivity contribution in [3.63, 3.8) is 0 Å². The molecule has 1 aromatic heterocycles. The van der Waals surface area contributed by atoms with Crippen LogP contribution >= 0.6 is 0 Å². The second kappa shape index (κ2) is 9.19. The standard InChI is InChI=1S/C22H20N4O2/c1-28-19-7-4-5-16(13-19)9-11-25-22(27)17-10-12-24-21(14-17)26-20-8-3-2-6-18(20)15-23/h2-8,10,12-14H,9,11H2,1H3,(H,24,26)(H,25,27). The van der Waals surface area contributed by atoms with E-state index in [0.29, 0.717) is 35.6 Å². The summed E-state index contributed by atoms with van der Waals surface area (Å²) in [5.74, 6) is 1.12. The molecular weight excluding hydrogens is 352 g/mol. The molecule has 0 radical (unpaired) electrons. The third-order valence-electron chi connectivity index (χ3n) is 4.17. The number of para-hydroxylation sites is 1. The minimum absolute atomic E-state index is 0.179. The number of nitriles is 1. The number of pyridine rings is 1. The van der Waals surface area contributed by atoms with Crippen LogP contribution in [-0.4, -0.2) is 24.5 Å². The van der Waals surface area contributed by atoms with E-state index in [1.165, 1.54) is 0 Å². The van der Waals surface area contributed by atoms with Gasteiger partial charge in [-0.25, -0.2) is 4.98 Å². The predicted molar refractivity (Wildman–Crippen MR) is 108 cm³/mol. The summed E-state index contributed by atoms with van der Waals surface area (Å²) in [6, 6.07) is 20.3. The highest BCUT2D eigenvalue weighted by atomic mass is 16.5. The van der Waals surface area contributed by atoms with Gasteiger partial charge in [0.25, 0.3) is 5.91 Å². The van der Waals surface area contributed by atoms with Crippen LogP contribution in [0, 0.1) is 11.3 Å². The Balaban J connectivity index is 1.61. The van der Waals surface area contributed by atoms with E-state index in [1.54, 1.807) is 43.6 Å². The minimum Gasteiger partial charge on any atom is -0.497 e.